The molecule has 0 aliphatic rings. The van der Waals surface area contributed by atoms with Gasteiger partial charge in [0.2, 0.25) is 5.91 Å². The molecule has 1 N–H and O–H groups in total. The summed E-state index contributed by atoms with van der Waals surface area (Å²) >= 11 is 1.38. The van der Waals surface area contributed by atoms with Crippen LogP contribution in [0.25, 0.3) is 10.9 Å². The summed E-state index contributed by atoms with van der Waals surface area (Å²) in [4.78, 5) is 16.9. The van der Waals surface area contributed by atoms with Crippen LogP contribution in [0.2, 0.25) is 0 Å². The Kier molecular flexibility index (Phi) is 5.34. The Morgan fingerprint density at radius 2 is 1.86 bits per heavy atom. The van der Waals surface area contributed by atoms with Gasteiger partial charge in [-0.15, -0.1) is 10.2 Å². The fraction of sp³-hybridized carbons (Fsp3) is 0.143. The normalized spacial score (nSPS) is 10.9. The Morgan fingerprint density at radius 1 is 1.04 bits per heavy atom. The van der Waals surface area contributed by atoms with E-state index >= 15 is 0 Å². The van der Waals surface area contributed by atoms with Gasteiger partial charge in [-0.1, -0.05) is 60.3 Å². The van der Waals surface area contributed by atoms with Crippen LogP contribution < -0.4 is 5.32 Å². The van der Waals surface area contributed by atoms with Gasteiger partial charge in [0.25, 0.3) is 0 Å². The van der Waals surface area contributed by atoms with Gasteiger partial charge in [0.05, 0.1) is 23.5 Å². The molecular weight excluding hydrogens is 370 g/mol. The van der Waals surface area contributed by atoms with Crippen molar-refractivity contribution in [1.82, 2.24) is 19.7 Å². The van der Waals surface area contributed by atoms with E-state index in [4.69, 9.17) is 0 Å². The Hall–Kier alpha value is -3.19. The van der Waals surface area contributed by atoms with Crippen molar-refractivity contribution in [3.05, 3.63) is 78.2 Å². The number of anilines is 1. The van der Waals surface area contributed by atoms with Gasteiger partial charge in [0.1, 0.15) is 5.82 Å². The van der Waals surface area contributed by atoms with Crippen molar-refractivity contribution in [1.29, 1.82) is 0 Å². The second-order valence-corrected chi connectivity index (χ2v) is 7.26. The smallest absolute Gasteiger partial charge is 0.234 e. The molecule has 1 amide bonds. The average Bonchev–Trinajstić information content (AvgIpc) is 3.07. The fourth-order valence-electron chi connectivity index (χ4n) is 2.94. The van der Waals surface area contributed by atoms with Crippen LogP contribution in [0.1, 0.15) is 11.4 Å². The molecule has 28 heavy (non-hydrogen) atoms. The molecule has 0 aliphatic carbocycles. The van der Waals surface area contributed by atoms with E-state index in [0.717, 1.165) is 21.9 Å². The zero-order chi connectivity index (χ0) is 19.3. The van der Waals surface area contributed by atoms with Gasteiger partial charge in [-0.05, 0) is 24.6 Å². The maximum absolute atomic E-state index is 12.5. The zero-order valence-electron chi connectivity index (χ0n) is 15.4. The van der Waals surface area contributed by atoms with Crippen molar-refractivity contribution in [2.24, 2.45) is 0 Å². The number of rotatable bonds is 6. The van der Waals surface area contributed by atoms with Crippen LogP contribution >= 0.6 is 11.8 Å². The topological polar surface area (TPSA) is 72.7 Å². The second kappa shape index (κ2) is 8.22. The highest BCUT2D eigenvalue weighted by Gasteiger charge is 2.13. The van der Waals surface area contributed by atoms with Crippen molar-refractivity contribution in [2.75, 3.05) is 11.1 Å². The quantitative estimate of drug-likeness (QED) is 0.506. The first kappa shape index (κ1) is 18.2. The van der Waals surface area contributed by atoms with E-state index in [-0.39, 0.29) is 11.7 Å². The van der Waals surface area contributed by atoms with Gasteiger partial charge in [-0.2, -0.15) is 0 Å². The predicted octanol–water partition coefficient (Wildman–Crippen LogP) is 3.91. The number of hydrogen-bond donors (Lipinski definition) is 1. The highest BCUT2D eigenvalue weighted by Crippen LogP contribution is 2.22. The summed E-state index contributed by atoms with van der Waals surface area (Å²) in [6.45, 7) is 2.60. The summed E-state index contributed by atoms with van der Waals surface area (Å²) < 4.78 is 2.02. The van der Waals surface area contributed by atoms with E-state index < -0.39 is 0 Å². The third-order valence-electron chi connectivity index (χ3n) is 4.32. The third-order valence-corrected chi connectivity index (χ3v) is 5.29. The number of fused-ring (bicyclic) bond motifs is 1. The maximum atomic E-state index is 12.5. The van der Waals surface area contributed by atoms with E-state index in [1.807, 2.05) is 60.0 Å². The summed E-state index contributed by atoms with van der Waals surface area (Å²) in [5.74, 6) is 0.968. The van der Waals surface area contributed by atoms with Crippen molar-refractivity contribution < 1.29 is 4.79 Å². The number of nitrogens with one attached hydrogen (secondary N) is 1. The molecule has 0 spiro atoms. The minimum atomic E-state index is -0.102. The van der Waals surface area contributed by atoms with Gasteiger partial charge in [-0.25, -0.2) is 0 Å². The molecular formula is C21H19N5OS. The lowest BCUT2D eigenvalue weighted by atomic mass is 10.2. The van der Waals surface area contributed by atoms with Crippen molar-refractivity contribution in [3.8, 4) is 0 Å². The molecule has 0 radical (unpaired) electrons. The van der Waals surface area contributed by atoms with Gasteiger partial charge in [0.15, 0.2) is 5.16 Å². The Bertz CT molecular complexity index is 1100. The van der Waals surface area contributed by atoms with Crippen molar-refractivity contribution in [3.63, 3.8) is 0 Å². The molecule has 2 aromatic heterocycles. The molecule has 4 aromatic rings. The molecule has 6 nitrogen and oxygen atoms in total. The molecule has 0 bridgehead atoms. The van der Waals surface area contributed by atoms with Crippen LogP contribution in [0.4, 0.5) is 5.69 Å². The summed E-state index contributed by atoms with van der Waals surface area (Å²) in [6, 6.07) is 19.7. The van der Waals surface area contributed by atoms with Crippen LogP contribution in [-0.2, 0) is 11.3 Å². The first-order valence-electron chi connectivity index (χ1n) is 8.91. The van der Waals surface area contributed by atoms with E-state index in [2.05, 4.69) is 32.6 Å². The molecule has 4 rings (SSSR count). The number of pyridine rings is 1. The van der Waals surface area contributed by atoms with Crippen LogP contribution in [0.5, 0.6) is 0 Å². The highest BCUT2D eigenvalue weighted by atomic mass is 32.2. The average molecular weight is 389 g/mol. The van der Waals surface area contributed by atoms with Crippen molar-refractivity contribution in [2.45, 2.75) is 18.6 Å². The largest absolute Gasteiger partial charge is 0.323 e. The minimum absolute atomic E-state index is 0.102. The van der Waals surface area contributed by atoms with E-state index in [0.29, 0.717) is 12.2 Å². The summed E-state index contributed by atoms with van der Waals surface area (Å²) in [6.07, 6.45) is 1.72. The molecule has 2 heterocycles. The van der Waals surface area contributed by atoms with Crippen LogP contribution in [-0.4, -0.2) is 31.4 Å². The number of aryl methyl sites for hydroxylation is 1. The molecule has 0 aliphatic heterocycles. The maximum Gasteiger partial charge on any atom is 0.234 e. The SMILES string of the molecule is Cc1nnc(SCC(=O)Nc2cccc3cccnc23)n1Cc1ccccc1. The van der Waals surface area contributed by atoms with E-state index in [1.54, 1.807) is 6.20 Å². The van der Waals surface area contributed by atoms with Crippen LogP contribution in [0.15, 0.2) is 72.0 Å². The lowest BCUT2D eigenvalue weighted by molar-refractivity contribution is -0.113. The summed E-state index contributed by atoms with van der Waals surface area (Å²) in [5, 5.41) is 13.1. The molecule has 140 valence electrons. The highest BCUT2D eigenvalue weighted by molar-refractivity contribution is 7.99. The van der Waals surface area contributed by atoms with E-state index in [9.17, 15) is 4.79 Å². The van der Waals surface area contributed by atoms with Gasteiger partial charge in [-0.3, -0.25) is 9.78 Å². The summed E-state index contributed by atoms with van der Waals surface area (Å²) in [5.41, 5.74) is 2.66. The molecule has 0 saturated carbocycles. The monoisotopic (exact) mass is 389 g/mol. The second-order valence-electron chi connectivity index (χ2n) is 6.32. The summed E-state index contributed by atoms with van der Waals surface area (Å²) in [7, 11) is 0. The number of amides is 1. The first-order chi connectivity index (χ1) is 13.7. The molecule has 0 unspecified atom stereocenters. The number of hydrogen-bond acceptors (Lipinski definition) is 5. The first-order valence-corrected chi connectivity index (χ1v) is 9.89. The fourth-order valence-corrected chi connectivity index (χ4v) is 3.72. The zero-order valence-corrected chi connectivity index (χ0v) is 16.2. The predicted molar refractivity (Wildman–Crippen MR) is 111 cm³/mol. The lowest BCUT2D eigenvalue weighted by Gasteiger charge is -2.09. The molecule has 2 aromatic carbocycles. The molecule has 0 saturated heterocycles. The van der Waals surface area contributed by atoms with Crippen molar-refractivity contribution >= 4 is 34.3 Å². The van der Waals surface area contributed by atoms with Gasteiger partial charge < -0.3 is 9.88 Å². The van der Waals surface area contributed by atoms with Gasteiger partial charge in [0, 0.05) is 11.6 Å². The number of nitrogens with zero attached hydrogens (tertiary/aromatic N) is 4. The number of carbonyl (C=O) groups excluding carboxylic acids is 1. The number of thioether (sulfide) groups is 1. The number of carbonyl (C=O) groups is 1. The number of aromatic nitrogens is 4. The Labute approximate surface area is 167 Å². The lowest BCUT2D eigenvalue weighted by Crippen LogP contribution is -2.15. The minimum Gasteiger partial charge on any atom is -0.323 e. The number of benzene rings is 2. The standard InChI is InChI=1S/C21H19N5OS/c1-15-24-25-21(26(15)13-16-7-3-2-4-8-16)28-14-19(27)23-18-11-5-9-17-10-6-12-22-20(17)18/h2-12H,13-14H2,1H3,(H,23,27). The molecule has 0 fully saturated rings. The third kappa shape index (κ3) is 4.04. The molecule has 7 heteroatoms. The Balaban J connectivity index is 1.44. The molecule has 0 atom stereocenters. The Morgan fingerprint density at radius 3 is 2.71 bits per heavy atom. The van der Waals surface area contributed by atoms with Crippen LogP contribution in [0, 0.1) is 6.92 Å². The number of para-hydroxylation sites is 1. The van der Waals surface area contributed by atoms with E-state index in [1.165, 1.54) is 17.3 Å². The van der Waals surface area contributed by atoms with Gasteiger partial charge >= 0.3 is 0 Å². The van der Waals surface area contributed by atoms with Crippen LogP contribution in [0.3, 0.4) is 0 Å².